The van der Waals surface area contributed by atoms with Crippen LogP contribution in [0, 0.1) is 29.1 Å². The van der Waals surface area contributed by atoms with Gasteiger partial charge in [0.25, 0.3) is 0 Å². The van der Waals surface area contributed by atoms with Crippen LogP contribution in [0.4, 0.5) is 0 Å². The molecule has 2 bridgehead atoms. The van der Waals surface area contributed by atoms with Crippen LogP contribution < -0.4 is 10.6 Å². The number of halogens is 1. The van der Waals surface area contributed by atoms with Gasteiger partial charge in [0, 0.05) is 36.0 Å². The average Bonchev–Trinajstić information content (AvgIpc) is 3.57. The minimum Gasteiger partial charge on any atom is -0.351 e. The molecule has 4 atom stereocenters. The molecule has 0 spiro atoms. The van der Waals surface area contributed by atoms with Gasteiger partial charge in [0.1, 0.15) is 6.04 Å². The van der Waals surface area contributed by atoms with E-state index in [-0.39, 0.29) is 29.2 Å². The van der Waals surface area contributed by atoms with E-state index in [0.717, 1.165) is 37.7 Å². The Hall–Kier alpha value is -2.08. The highest BCUT2D eigenvalue weighted by Gasteiger charge is 2.49. The number of hydrogen-bond acceptors (Lipinski definition) is 3. The zero-order valence-electron chi connectivity index (χ0n) is 24.6. The van der Waals surface area contributed by atoms with Gasteiger partial charge >= 0.3 is 0 Å². The summed E-state index contributed by atoms with van der Waals surface area (Å²) in [5, 5.41) is 7.14. The van der Waals surface area contributed by atoms with E-state index in [1.54, 1.807) is 0 Å². The van der Waals surface area contributed by atoms with Gasteiger partial charge in [0.15, 0.2) is 0 Å². The summed E-state index contributed by atoms with van der Waals surface area (Å²) in [5.41, 5.74) is 0.260. The van der Waals surface area contributed by atoms with Crippen molar-refractivity contribution in [1.29, 1.82) is 0 Å². The summed E-state index contributed by atoms with van der Waals surface area (Å²) < 4.78 is 0. The van der Waals surface area contributed by atoms with Crippen LogP contribution >= 0.6 is 11.6 Å². The minimum atomic E-state index is -0.613. The second-order valence-electron chi connectivity index (χ2n) is 14.2. The number of rotatable bonds is 7. The van der Waals surface area contributed by atoms with Crippen LogP contribution in [0.3, 0.4) is 0 Å². The van der Waals surface area contributed by atoms with Gasteiger partial charge in [0.2, 0.25) is 17.7 Å². The molecule has 1 aromatic carbocycles. The highest BCUT2D eigenvalue weighted by Crippen LogP contribution is 2.49. The van der Waals surface area contributed by atoms with Crippen molar-refractivity contribution >= 4 is 29.3 Å². The summed E-state index contributed by atoms with van der Waals surface area (Å²) in [6.07, 6.45) is 12.0. The molecule has 0 aromatic heterocycles. The fourth-order valence-electron chi connectivity index (χ4n) is 8.19. The first-order valence-electron chi connectivity index (χ1n) is 15.7. The van der Waals surface area contributed by atoms with Crippen LogP contribution in [0.1, 0.15) is 97.0 Å². The quantitative estimate of drug-likeness (QED) is 0.428. The van der Waals surface area contributed by atoms with Crippen LogP contribution in [0.15, 0.2) is 24.3 Å². The molecule has 4 fully saturated rings. The van der Waals surface area contributed by atoms with Gasteiger partial charge in [-0.15, -0.1) is 0 Å². The van der Waals surface area contributed by atoms with Crippen molar-refractivity contribution in [2.24, 2.45) is 29.1 Å². The second kappa shape index (κ2) is 12.0. The normalized spacial score (nSPS) is 27.3. The highest BCUT2D eigenvalue weighted by molar-refractivity contribution is 6.30. The summed E-state index contributed by atoms with van der Waals surface area (Å²) in [6, 6.07) is 6.94. The van der Waals surface area contributed by atoms with Crippen LogP contribution in [0.5, 0.6) is 0 Å². The average molecular weight is 570 g/mol. The lowest BCUT2D eigenvalue weighted by molar-refractivity contribution is -0.147. The Balaban J connectivity index is 1.31. The van der Waals surface area contributed by atoms with Crippen molar-refractivity contribution in [3.8, 4) is 0 Å². The second-order valence-corrected chi connectivity index (χ2v) is 14.6. The number of carbonyl (C=O) groups excluding carboxylic acids is 3. The topological polar surface area (TPSA) is 78.5 Å². The third kappa shape index (κ3) is 6.53. The van der Waals surface area contributed by atoms with Crippen molar-refractivity contribution in [1.82, 2.24) is 15.5 Å². The van der Waals surface area contributed by atoms with E-state index in [0.29, 0.717) is 55.1 Å². The molecular weight excluding hydrogens is 522 g/mol. The number of nitrogens with one attached hydrogen (secondary N) is 2. The van der Waals surface area contributed by atoms with Gasteiger partial charge in [0.05, 0.1) is 5.41 Å². The Morgan fingerprint density at radius 2 is 1.65 bits per heavy atom. The maximum absolute atomic E-state index is 14.1. The molecule has 6 nitrogen and oxygen atoms in total. The van der Waals surface area contributed by atoms with Crippen molar-refractivity contribution < 1.29 is 14.4 Å². The van der Waals surface area contributed by atoms with Crippen molar-refractivity contribution in [3.63, 3.8) is 0 Å². The molecule has 220 valence electrons. The number of nitrogens with zero attached hydrogens (tertiary/aromatic N) is 1. The van der Waals surface area contributed by atoms with Gasteiger partial charge in [-0.25, -0.2) is 0 Å². The number of likely N-dealkylation sites (tertiary alicyclic amines) is 1. The fourth-order valence-corrected chi connectivity index (χ4v) is 8.31. The number of benzene rings is 1. The SMILES string of the molecule is CC(C)(C)NC(=O)C1(C2CCCCC2)CCN(C(=O)C(Cc2ccc(Cl)cc2)NC(=O)C2CC3CCC2C3)CC1. The molecule has 0 radical (unpaired) electrons. The predicted octanol–water partition coefficient (Wildman–Crippen LogP) is 5.91. The van der Waals surface area contributed by atoms with E-state index >= 15 is 0 Å². The molecule has 2 N–H and O–H groups in total. The van der Waals surface area contributed by atoms with Gasteiger partial charge in [-0.2, -0.15) is 0 Å². The lowest BCUT2D eigenvalue weighted by atomic mass is 9.63. The van der Waals surface area contributed by atoms with Gasteiger partial charge < -0.3 is 15.5 Å². The monoisotopic (exact) mass is 569 g/mol. The predicted molar refractivity (Wildman–Crippen MR) is 159 cm³/mol. The Bertz CT molecular complexity index is 1070. The van der Waals surface area contributed by atoms with Gasteiger partial charge in [-0.3, -0.25) is 14.4 Å². The molecule has 7 heteroatoms. The van der Waals surface area contributed by atoms with Crippen LogP contribution in [-0.4, -0.2) is 47.3 Å². The van der Waals surface area contributed by atoms with E-state index in [9.17, 15) is 14.4 Å². The third-order valence-corrected chi connectivity index (χ3v) is 10.6. The van der Waals surface area contributed by atoms with E-state index < -0.39 is 11.5 Å². The number of hydrogen-bond donors (Lipinski definition) is 2. The zero-order valence-corrected chi connectivity index (χ0v) is 25.4. The summed E-state index contributed by atoms with van der Waals surface area (Å²) in [5.74, 6) is 1.69. The Morgan fingerprint density at radius 1 is 0.975 bits per heavy atom. The Labute approximate surface area is 245 Å². The highest BCUT2D eigenvalue weighted by atomic mass is 35.5. The van der Waals surface area contributed by atoms with Gasteiger partial charge in [-0.1, -0.05) is 49.4 Å². The lowest BCUT2D eigenvalue weighted by Crippen LogP contribution is -2.59. The maximum atomic E-state index is 14.1. The van der Waals surface area contributed by atoms with Crippen LogP contribution in [0.2, 0.25) is 5.02 Å². The van der Waals surface area contributed by atoms with Crippen molar-refractivity contribution in [2.75, 3.05) is 13.1 Å². The summed E-state index contributed by atoms with van der Waals surface area (Å²) >= 11 is 6.12. The number of piperidine rings is 1. The smallest absolute Gasteiger partial charge is 0.245 e. The molecule has 3 aliphatic carbocycles. The molecule has 1 aliphatic heterocycles. The van der Waals surface area contributed by atoms with E-state index in [2.05, 4.69) is 10.6 Å². The molecule has 4 aliphatic rings. The standard InChI is InChI=1S/C33H48ClN3O3/c1-32(2,3)36-31(40)33(25-7-5-4-6-8-25)15-17-37(18-16-33)30(39)28(21-22-10-13-26(34)14-11-22)35-29(38)27-20-23-9-12-24(27)19-23/h10-11,13-14,23-25,27-28H,4-9,12,15-21H2,1-3H3,(H,35,38)(H,36,40). The molecule has 5 rings (SSSR count). The molecule has 3 amide bonds. The molecular formula is C33H48ClN3O3. The Morgan fingerprint density at radius 3 is 2.23 bits per heavy atom. The van der Waals surface area contributed by atoms with E-state index in [1.165, 1.54) is 25.7 Å². The molecule has 4 unspecified atom stereocenters. The molecule has 1 heterocycles. The number of amides is 3. The van der Waals surface area contributed by atoms with E-state index in [1.807, 2.05) is 49.9 Å². The maximum Gasteiger partial charge on any atom is 0.245 e. The first-order valence-corrected chi connectivity index (χ1v) is 16.1. The third-order valence-electron chi connectivity index (χ3n) is 10.3. The van der Waals surface area contributed by atoms with Crippen molar-refractivity contribution in [2.45, 2.75) is 109 Å². The molecule has 1 saturated heterocycles. The molecule has 40 heavy (non-hydrogen) atoms. The summed E-state index contributed by atoms with van der Waals surface area (Å²) in [6.45, 7) is 7.22. The van der Waals surface area contributed by atoms with Crippen LogP contribution in [0.25, 0.3) is 0 Å². The number of carbonyl (C=O) groups is 3. The fraction of sp³-hybridized carbons (Fsp3) is 0.727. The Kier molecular flexibility index (Phi) is 8.85. The molecule has 3 saturated carbocycles. The lowest BCUT2D eigenvalue weighted by Gasteiger charge is -2.48. The van der Waals surface area contributed by atoms with Crippen molar-refractivity contribution in [3.05, 3.63) is 34.9 Å². The van der Waals surface area contributed by atoms with Gasteiger partial charge in [-0.05, 0) is 101 Å². The summed E-state index contributed by atoms with van der Waals surface area (Å²) in [4.78, 5) is 43.2. The summed E-state index contributed by atoms with van der Waals surface area (Å²) in [7, 11) is 0. The first kappa shape index (κ1) is 29.4. The minimum absolute atomic E-state index is 0.0278. The van der Waals surface area contributed by atoms with E-state index in [4.69, 9.17) is 11.6 Å². The largest absolute Gasteiger partial charge is 0.351 e. The molecule has 1 aromatic rings. The van der Waals surface area contributed by atoms with Crippen LogP contribution in [-0.2, 0) is 20.8 Å². The first-order chi connectivity index (χ1) is 19.0. The number of fused-ring (bicyclic) bond motifs is 2. The zero-order chi connectivity index (χ0) is 28.5.